The molecule has 0 aliphatic heterocycles. The number of rotatable bonds is 5. The van der Waals surface area contributed by atoms with Gasteiger partial charge in [0.2, 0.25) is 11.6 Å². The fraction of sp³-hybridized carbons (Fsp3) is 1.00. The van der Waals surface area contributed by atoms with Gasteiger partial charge in [-0.25, -0.2) is 17.6 Å². The van der Waals surface area contributed by atoms with E-state index >= 15 is 0 Å². The highest BCUT2D eigenvalue weighted by Crippen LogP contribution is 2.12. The van der Waals surface area contributed by atoms with E-state index in [2.05, 4.69) is 0 Å². The third kappa shape index (κ3) is 10.2. The molecule has 0 bridgehead atoms. The largest absolute Gasteiger partial charge is 0.220 e. The van der Waals surface area contributed by atoms with Crippen LogP contribution in [-0.2, 0) is 0 Å². The van der Waals surface area contributed by atoms with Crippen molar-refractivity contribution >= 4 is 19.0 Å². The first-order valence-corrected chi connectivity index (χ1v) is 7.10. The van der Waals surface area contributed by atoms with Gasteiger partial charge in [0.15, 0.2) is 0 Å². The molecule has 0 aromatic rings. The summed E-state index contributed by atoms with van der Waals surface area (Å²) in [4.78, 5) is 0. The molecule has 0 unspecified atom stereocenters. The van der Waals surface area contributed by atoms with E-state index in [4.69, 9.17) is 0 Å². The van der Waals surface area contributed by atoms with Crippen LogP contribution < -0.4 is 0 Å². The van der Waals surface area contributed by atoms with Crippen LogP contribution in [0, 0.1) is 0 Å². The molecule has 0 rings (SSSR count). The normalized spacial score (nSPS) is 14.7. The van der Waals surface area contributed by atoms with Gasteiger partial charge in [0, 0.05) is 0 Å². The molecule has 0 fully saturated rings. The van der Waals surface area contributed by atoms with Gasteiger partial charge < -0.3 is 0 Å². The Hall–Kier alpha value is 0.154. The highest BCUT2D eigenvalue weighted by Gasteiger charge is 2.20. The first kappa shape index (κ1) is 11.2. The maximum atomic E-state index is 12.1. The average Bonchev–Trinajstić information content (AvgIpc) is 1.78. The smallest absolute Gasteiger partial charge is 0.216 e. The van der Waals surface area contributed by atoms with Crippen LogP contribution in [0.5, 0.6) is 0 Å². The standard InChI is InChI=1S/C5H12F4Si2/c1-5(8,9)11-3-2-10-4(6)7/h4H,2-3,10-11H2,1H3. The predicted octanol–water partition coefficient (Wildman–Crippen LogP) is 0.996. The minimum Gasteiger partial charge on any atom is -0.216 e. The fourth-order valence-corrected chi connectivity index (χ4v) is 3.82. The van der Waals surface area contributed by atoms with Gasteiger partial charge in [-0.05, 0) is 6.92 Å². The summed E-state index contributed by atoms with van der Waals surface area (Å²) in [6.45, 7) is 0.878. The third-order valence-corrected chi connectivity index (χ3v) is 5.36. The van der Waals surface area contributed by atoms with Crippen LogP contribution in [0.2, 0.25) is 12.1 Å². The van der Waals surface area contributed by atoms with Gasteiger partial charge in [0.25, 0.3) is 0 Å². The molecule has 0 amide bonds. The van der Waals surface area contributed by atoms with Crippen molar-refractivity contribution in [2.75, 3.05) is 0 Å². The molecule has 0 radical (unpaired) electrons. The van der Waals surface area contributed by atoms with Gasteiger partial charge in [0.05, 0.1) is 0 Å². The summed E-state index contributed by atoms with van der Waals surface area (Å²) in [5.41, 5.74) is -2.55. The van der Waals surface area contributed by atoms with Crippen molar-refractivity contribution in [3.05, 3.63) is 0 Å². The molecule has 0 N–H and O–H groups in total. The zero-order chi connectivity index (χ0) is 8.91. The second kappa shape index (κ2) is 4.92. The van der Waals surface area contributed by atoms with Crippen molar-refractivity contribution in [3.8, 4) is 0 Å². The molecule has 0 nitrogen and oxygen atoms in total. The summed E-state index contributed by atoms with van der Waals surface area (Å²) >= 11 is 0. The maximum absolute atomic E-state index is 12.1. The Morgan fingerprint density at radius 1 is 1.27 bits per heavy atom. The predicted molar refractivity (Wildman–Crippen MR) is 43.3 cm³/mol. The van der Waals surface area contributed by atoms with Crippen LogP contribution in [0.15, 0.2) is 0 Å². The lowest BCUT2D eigenvalue weighted by atomic mass is 10.8. The zero-order valence-corrected chi connectivity index (χ0v) is 9.25. The van der Waals surface area contributed by atoms with E-state index in [9.17, 15) is 17.6 Å². The Balaban J connectivity index is 3.15. The van der Waals surface area contributed by atoms with Gasteiger partial charge in [-0.1, -0.05) is 12.1 Å². The lowest BCUT2D eigenvalue weighted by Crippen LogP contribution is -2.20. The third-order valence-electron chi connectivity index (χ3n) is 1.29. The molecule has 11 heavy (non-hydrogen) atoms. The van der Waals surface area contributed by atoms with Crippen LogP contribution in [0.1, 0.15) is 6.92 Å². The lowest BCUT2D eigenvalue weighted by Gasteiger charge is -2.07. The number of hydrogen-bond acceptors (Lipinski definition) is 0. The molecule has 0 saturated carbocycles. The van der Waals surface area contributed by atoms with E-state index in [0.29, 0.717) is 12.1 Å². The van der Waals surface area contributed by atoms with Crippen LogP contribution in [0.3, 0.4) is 0 Å². The molecule has 0 aliphatic carbocycles. The van der Waals surface area contributed by atoms with Crippen LogP contribution in [0.25, 0.3) is 0 Å². The monoisotopic (exact) mass is 204 g/mol. The summed E-state index contributed by atoms with van der Waals surface area (Å²) in [5.74, 6) is 0. The van der Waals surface area contributed by atoms with Crippen molar-refractivity contribution in [1.29, 1.82) is 0 Å². The molecule has 68 valence electrons. The quantitative estimate of drug-likeness (QED) is 0.356. The molecular formula is C5H12F4Si2. The molecule has 0 aromatic carbocycles. The minimum absolute atomic E-state index is 0.375. The Morgan fingerprint density at radius 3 is 2.18 bits per heavy atom. The summed E-state index contributed by atoms with van der Waals surface area (Å²) in [5, 5.41) is 0. The van der Waals surface area contributed by atoms with Crippen molar-refractivity contribution in [1.82, 2.24) is 0 Å². The van der Waals surface area contributed by atoms with E-state index in [1.807, 2.05) is 0 Å². The highest BCUT2D eigenvalue weighted by molar-refractivity contribution is 6.44. The van der Waals surface area contributed by atoms with E-state index in [1.165, 1.54) is 0 Å². The first-order valence-electron chi connectivity index (χ1n) is 3.58. The maximum Gasteiger partial charge on any atom is 0.220 e. The van der Waals surface area contributed by atoms with Crippen LogP contribution >= 0.6 is 0 Å². The summed E-state index contributed by atoms with van der Waals surface area (Å²) in [6, 6.07) is -1.44. The second-order valence-electron chi connectivity index (χ2n) is 2.71. The molecule has 0 aromatic heterocycles. The molecular weight excluding hydrogens is 192 g/mol. The van der Waals surface area contributed by atoms with E-state index in [0.717, 1.165) is 6.92 Å². The van der Waals surface area contributed by atoms with Crippen molar-refractivity contribution < 1.29 is 17.6 Å². The highest BCUT2D eigenvalue weighted by atomic mass is 28.2. The van der Waals surface area contributed by atoms with Gasteiger partial charge in [-0.3, -0.25) is 0 Å². The lowest BCUT2D eigenvalue weighted by molar-refractivity contribution is 0.113. The van der Waals surface area contributed by atoms with Crippen LogP contribution in [0.4, 0.5) is 17.6 Å². The summed E-state index contributed by atoms with van der Waals surface area (Å²) in [7, 11) is -2.78. The summed E-state index contributed by atoms with van der Waals surface area (Å²) < 4.78 is 47.4. The fourth-order valence-electron chi connectivity index (χ4n) is 0.734. The zero-order valence-electron chi connectivity index (χ0n) is 6.42. The molecule has 6 heteroatoms. The van der Waals surface area contributed by atoms with E-state index in [1.54, 1.807) is 0 Å². The minimum atomic E-state index is -2.55. The van der Waals surface area contributed by atoms with Crippen LogP contribution in [-0.4, -0.2) is 30.6 Å². The van der Waals surface area contributed by atoms with Gasteiger partial charge >= 0.3 is 0 Å². The Kier molecular flexibility index (Phi) is 4.99. The van der Waals surface area contributed by atoms with Gasteiger partial charge in [0.1, 0.15) is 19.0 Å². The summed E-state index contributed by atoms with van der Waals surface area (Å²) in [6.07, 6.45) is 0. The molecule has 0 aliphatic rings. The average molecular weight is 204 g/mol. The number of alkyl halides is 4. The molecule has 0 saturated heterocycles. The topological polar surface area (TPSA) is 0 Å². The Morgan fingerprint density at radius 2 is 1.82 bits per heavy atom. The SMILES string of the molecule is CC(F)(F)[SiH2]CC[SiH2]C(F)F. The van der Waals surface area contributed by atoms with E-state index in [-0.39, 0.29) is 0 Å². The van der Waals surface area contributed by atoms with E-state index < -0.39 is 30.6 Å². The molecule has 0 heterocycles. The molecule has 0 atom stereocenters. The van der Waals surface area contributed by atoms with Crippen molar-refractivity contribution in [2.45, 2.75) is 30.6 Å². The first-order chi connectivity index (χ1) is 4.92. The molecule has 0 spiro atoms. The van der Waals surface area contributed by atoms with Crippen molar-refractivity contribution in [3.63, 3.8) is 0 Å². The van der Waals surface area contributed by atoms with Gasteiger partial charge in [-0.15, -0.1) is 0 Å². The number of halogens is 4. The van der Waals surface area contributed by atoms with Crippen molar-refractivity contribution in [2.24, 2.45) is 0 Å². The Bertz CT molecular complexity index is 101. The number of hydrogen-bond donors (Lipinski definition) is 0. The second-order valence-corrected chi connectivity index (χ2v) is 7.06. The Labute approximate surface area is 68.0 Å². The van der Waals surface area contributed by atoms with Gasteiger partial charge in [-0.2, -0.15) is 0 Å².